The number of nitrogens with one attached hydrogen (secondary N) is 1. The molecule has 8 heteroatoms. The highest BCUT2D eigenvalue weighted by Gasteiger charge is 2.40. The van der Waals surface area contributed by atoms with E-state index in [1.807, 2.05) is 6.07 Å². The molecule has 1 unspecified atom stereocenters. The first kappa shape index (κ1) is 13.4. The van der Waals surface area contributed by atoms with Crippen molar-refractivity contribution in [1.82, 2.24) is 25.4 Å². The van der Waals surface area contributed by atoms with Gasteiger partial charge in [-0.2, -0.15) is 15.4 Å². The van der Waals surface area contributed by atoms with Gasteiger partial charge < -0.3 is 14.9 Å². The summed E-state index contributed by atoms with van der Waals surface area (Å²) in [6.07, 6.45) is 6.24. The van der Waals surface area contributed by atoms with Gasteiger partial charge in [-0.3, -0.25) is 0 Å². The molecule has 0 aromatic carbocycles. The Hall–Kier alpha value is -2.22. The summed E-state index contributed by atoms with van der Waals surface area (Å²) in [5.74, 6) is 1.83. The number of rotatable bonds is 3. The van der Waals surface area contributed by atoms with E-state index in [2.05, 4.69) is 35.2 Å². The molecule has 2 aliphatic heterocycles. The van der Waals surface area contributed by atoms with Crippen LogP contribution in [0.2, 0.25) is 0 Å². The van der Waals surface area contributed by atoms with Crippen LogP contribution in [0.1, 0.15) is 25.0 Å². The van der Waals surface area contributed by atoms with Crippen molar-refractivity contribution < 1.29 is 5.11 Å². The smallest absolute Gasteiger partial charge is 0.134 e. The number of aromatic amines is 1. The predicted molar refractivity (Wildman–Crippen MR) is 80.6 cm³/mol. The van der Waals surface area contributed by atoms with Crippen LogP contribution in [0.4, 0.5) is 11.6 Å². The molecule has 8 nitrogen and oxygen atoms in total. The normalized spacial score (nSPS) is 25.1. The minimum absolute atomic E-state index is 0.468. The lowest BCUT2D eigenvalue weighted by Gasteiger charge is -2.23. The molecule has 116 valence electrons. The van der Waals surface area contributed by atoms with Crippen molar-refractivity contribution in [3.8, 4) is 0 Å². The van der Waals surface area contributed by atoms with E-state index in [1.165, 1.54) is 12.8 Å². The topological polar surface area (TPSA) is 94.1 Å². The minimum atomic E-state index is -0.967. The highest BCUT2D eigenvalue weighted by molar-refractivity contribution is 5.51. The number of anilines is 2. The Bertz CT molecular complexity index is 640. The summed E-state index contributed by atoms with van der Waals surface area (Å²) in [5.41, 5.74) is -0.380. The number of aromatic nitrogens is 5. The summed E-state index contributed by atoms with van der Waals surface area (Å²) in [6, 6.07) is 2.01. The molecule has 0 spiro atoms. The van der Waals surface area contributed by atoms with Crippen molar-refractivity contribution in [2.75, 3.05) is 36.0 Å². The van der Waals surface area contributed by atoms with Crippen LogP contribution in [0.15, 0.2) is 18.6 Å². The predicted octanol–water partition coefficient (Wildman–Crippen LogP) is 0.293. The second-order valence-corrected chi connectivity index (χ2v) is 5.99. The Balaban J connectivity index is 1.54. The molecule has 4 rings (SSSR count). The van der Waals surface area contributed by atoms with Crippen molar-refractivity contribution in [3.05, 3.63) is 24.3 Å². The second-order valence-electron chi connectivity index (χ2n) is 5.99. The molecule has 2 saturated heterocycles. The fraction of sp³-hybridized carbons (Fsp3) is 0.571. The third-order valence-electron chi connectivity index (χ3n) is 4.53. The van der Waals surface area contributed by atoms with E-state index >= 15 is 0 Å². The first-order valence-electron chi connectivity index (χ1n) is 7.65. The van der Waals surface area contributed by atoms with Gasteiger partial charge in [-0.1, -0.05) is 0 Å². The van der Waals surface area contributed by atoms with E-state index < -0.39 is 5.60 Å². The Kier molecular flexibility index (Phi) is 3.18. The molecular weight excluding hydrogens is 282 g/mol. The highest BCUT2D eigenvalue weighted by Crippen LogP contribution is 2.33. The fourth-order valence-corrected chi connectivity index (χ4v) is 3.25. The minimum Gasteiger partial charge on any atom is -0.381 e. The summed E-state index contributed by atoms with van der Waals surface area (Å²) < 4.78 is 0. The average molecular weight is 301 g/mol. The summed E-state index contributed by atoms with van der Waals surface area (Å²) in [4.78, 5) is 13.1. The van der Waals surface area contributed by atoms with Crippen molar-refractivity contribution >= 4 is 11.6 Å². The van der Waals surface area contributed by atoms with Crippen LogP contribution >= 0.6 is 0 Å². The zero-order valence-corrected chi connectivity index (χ0v) is 12.3. The zero-order chi connectivity index (χ0) is 15.0. The summed E-state index contributed by atoms with van der Waals surface area (Å²) in [5, 5.41) is 21.1. The lowest BCUT2D eigenvalue weighted by molar-refractivity contribution is 0.0559. The molecule has 4 heterocycles. The summed E-state index contributed by atoms with van der Waals surface area (Å²) >= 11 is 0. The number of aliphatic hydroxyl groups is 1. The second kappa shape index (κ2) is 5.20. The molecule has 2 aliphatic rings. The van der Waals surface area contributed by atoms with Gasteiger partial charge in [0.05, 0.1) is 12.7 Å². The number of hydrogen-bond donors (Lipinski definition) is 2. The molecule has 0 saturated carbocycles. The van der Waals surface area contributed by atoms with E-state index in [4.69, 9.17) is 0 Å². The first-order valence-corrected chi connectivity index (χ1v) is 7.65. The van der Waals surface area contributed by atoms with E-state index in [0.29, 0.717) is 18.7 Å². The standard InChI is InChI=1S/C14H19N7O/c22-14(11-8-17-19-18-11)3-6-21(9-14)13-7-12(15-10-16-13)20-4-1-2-5-20/h7-8,10,22H,1-6,9H2,(H,17,18,19). The maximum atomic E-state index is 10.7. The van der Waals surface area contributed by atoms with Crippen LogP contribution in [-0.2, 0) is 5.60 Å². The van der Waals surface area contributed by atoms with Gasteiger partial charge in [-0.15, -0.1) is 0 Å². The van der Waals surface area contributed by atoms with E-state index in [9.17, 15) is 5.11 Å². The molecule has 0 radical (unpaired) electrons. The molecule has 0 amide bonds. The van der Waals surface area contributed by atoms with Gasteiger partial charge in [0.25, 0.3) is 0 Å². The number of β-amino-alcohol motifs (C(OH)–C–C–N with tert-alkyl or cyclic N) is 1. The SMILES string of the molecule is OC1(c2cn[nH]n2)CCN(c2cc(N3CCCC3)ncn2)C1. The largest absolute Gasteiger partial charge is 0.381 e. The Morgan fingerprint density at radius 3 is 2.59 bits per heavy atom. The summed E-state index contributed by atoms with van der Waals surface area (Å²) in [7, 11) is 0. The molecule has 2 fully saturated rings. The van der Waals surface area contributed by atoms with Crippen LogP contribution in [-0.4, -0.2) is 56.7 Å². The molecular formula is C14H19N7O. The molecule has 2 N–H and O–H groups in total. The molecule has 0 bridgehead atoms. The van der Waals surface area contributed by atoms with E-state index in [0.717, 1.165) is 31.3 Å². The molecule has 2 aromatic rings. The van der Waals surface area contributed by atoms with Gasteiger partial charge in [0, 0.05) is 32.1 Å². The van der Waals surface area contributed by atoms with Crippen LogP contribution in [0.25, 0.3) is 0 Å². The number of H-pyrrole nitrogens is 1. The van der Waals surface area contributed by atoms with Crippen LogP contribution < -0.4 is 9.80 Å². The van der Waals surface area contributed by atoms with Gasteiger partial charge in [0.1, 0.15) is 29.3 Å². The van der Waals surface area contributed by atoms with E-state index in [1.54, 1.807) is 12.5 Å². The molecule has 2 aromatic heterocycles. The zero-order valence-electron chi connectivity index (χ0n) is 12.3. The third-order valence-corrected chi connectivity index (χ3v) is 4.53. The Labute approximate surface area is 128 Å². The quantitative estimate of drug-likeness (QED) is 0.841. The number of hydrogen-bond acceptors (Lipinski definition) is 7. The molecule has 1 atom stereocenters. The first-order chi connectivity index (χ1) is 10.7. The van der Waals surface area contributed by atoms with Crippen molar-refractivity contribution in [2.24, 2.45) is 0 Å². The Morgan fingerprint density at radius 1 is 1.09 bits per heavy atom. The fourth-order valence-electron chi connectivity index (χ4n) is 3.25. The lowest BCUT2D eigenvalue weighted by Crippen LogP contribution is -2.31. The van der Waals surface area contributed by atoms with Crippen molar-refractivity contribution in [3.63, 3.8) is 0 Å². The van der Waals surface area contributed by atoms with Crippen molar-refractivity contribution in [1.29, 1.82) is 0 Å². The van der Waals surface area contributed by atoms with Gasteiger partial charge in [0.15, 0.2) is 0 Å². The summed E-state index contributed by atoms with van der Waals surface area (Å²) in [6.45, 7) is 3.31. The average Bonchev–Trinajstić information content (AvgIpc) is 3.29. The van der Waals surface area contributed by atoms with Gasteiger partial charge in [-0.25, -0.2) is 9.97 Å². The van der Waals surface area contributed by atoms with Gasteiger partial charge >= 0.3 is 0 Å². The van der Waals surface area contributed by atoms with Crippen molar-refractivity contribution in [2.45, 2.75) is 24.9 Å². The van der Waals surface area contributed by atoms with Crippen LogP contribution in [0.5, 0.6) is 0 Å². The Morgan fingerprint density at radius 2 is 1.86 bits per heavy atom. The van der Waals surface area contributed by atoms with Gasteiger partial charge in [0.2, 0.25) is 0 Å². The molecule has 0 aliphatic carbocycles. The molecule has 22 heavy (non-hydrogen) atoms. The number of nitrogens with zero attached hydrogens (tertiary/aromatic N) is 6. The lowest BCUT2D eigenvalue weighted by atomic mass is 10.0. The van der Waals surface area contributed by atoms with Crippen LogP contribution in [0.3, 0.4) is 0 Å². The maximum absolute atomic E-state index is 10.7. The monoisotopic (exact) mass is 301 g/mol. The van der Waals surface area contributed by atoms with Crippen LogP contribution in [0, 0.1) is 0 Å². The third kappa shape index (κ3) is 2.29. The highest BCUT2D eigenvalue weighted by atomic mass is 16.3. The van der Waals surface area contributed by atoms with E-state index in [-0.39, 0.29) is 0 Å². The van der Waals surface area contributed by atoms with Gasteiger partial charge in [-0.05, 0) is 12.8 Å². The maximum Gasteiger partial charge on any atom is 0.134 e.